The maximum atomic E-state index is 12.1. The topological polar surface area (TPSA) is 82.1 Å². The van der Waals surface area contributed by atoms with Gasteiger partial charge in [0.1, 0.15) is 11.5 Å². The summed E-state index contributed by atoms with van der Waals surface area (Å²) >= 11 is 0. The highest BCUT2D eigenvalue weighted by molar-refractivity contribution is 5.90. The number of hydrogen-bond acceptors (Lipinski definition) is 6. The zero-order valence-electron chi connectivity index (χ0n) is 16.6. The summed E-state index contributed by atoms with van der Waals surface area (Å²) in [5.74, 6) is -0.101. The number of hydrogen-bond donors (Lipinski definition) is 1. The SMILES string of the molecule is C=CC(=O)OCCCCCCOc1ccc(C(=O)OC(=C)/C=C\C(=C)CO)cc1. The van der Waals surface area contributed by atoms with Crippen LogP contribution in [0.1, 0.15) is 36.0 Å². The van der Waals surface area contributed by atoms with Crippen LogP contribution in [0, 0.1) is 0 Å². The lowest BCUT2D eigenvalue weighted by molar-refractivity contribution is -0.137. The van der Waals surface area contributed by atoms with E-state index in [1.54, 1.807) is 24.3 Å². The molecule has 6 nitrogen and oxygen atoms in total. The number of rotatable bonds is 14. The monoisotopic (exact) mass is 400 g/mol. The molecule has 0 bridgehead atoms. The van der Waals surface area contributed by atoms with Crippen molar-refractivity contribution in [2.45, 2.75) is 25.7 Å². The zero-order chi connectivity index (χ0) is 21.5. The van der Waals surface area contributed by atoms with Crippen LogP contribution in [-0.4, -0.2) is 36.9 Å². The Hall–Kier alpha value is -3.12. The lowest BCUT2D eigenvalue weighted by Crippen LogP contribution is -2.04. The number of ether oxygens (including phenoxy) is 3. The molecule has 0 atom stereocenters. The van der Waals surface area contributed by atoms with Crippen LogP contribution in [0.2, 0.25) is 0 Å². The number of esters is 2. The summed E-state index contributed by atoms with van der Waals surface area (Å²) < 4.78 is 15.7. The van der Waals surface area contributed by atoms with Crippen LogP contribution in [0.25, 0.3) is 0 Å². The van der Waals surface area contributed by atoms with Gasteiger partial charge in [0, 0.05) is 6.08 Å². The molecule has 1 N–H and O–H groups in total. The summed E-state index contributed by atoms with van der Waals surface area (Å²) in [5.41, 5.74) is 0.863. The van der Waals surface area contributed by atoms with E-state index in [1.165, 1.54) is 12.2 Å². The molecule has 0 amide bonds. The molecule has 29 heavy (non-hydrogen) atoms. The van der Waals surface area contributed by atoms with Gasteiger partial charge < -0.3 is 19.3 Å². The van der Waals surface area contributed by atoms with Gasteiger partial charge in [0.05, 0.1) is 25.4 Å². The second-order valence-corrected chi connectivity index (χ2v) is 6.16. The Morgan fingerprint density at radius 3 is 2.24 bits per heavy atom. The van der Waals surface area contributed by atoms with Gasteiger partial charge in [-0.3, -0.25) is 0 Å². The van der Waals surface area contributed by atoms with Gasteiger partial charge in [0.15, 0.2) is 0 Å². The highest BCUT2D eigenvalue weighted by Crippen LogP contribution is 2.15. The van der Waals surface area contributed by atoms with E-state index >= 15 is 0 Å². The Kier molecular flexibility index (Phi) is 11.5. The largest absolute Gasteiger partial charge is 0.494 e. The van der Waals surface area contributed by atoms with E-state index in [0.29, 0.717) is 30.1 Å². The van der Waals surface area contributed by atoms with Crippen molar-refractivity contribution in [3.8, 4) is 5.75 Å². The standard InChI is InChI=1S/C23H28O6/c1-4-22(25)28-16-8-6-5-7-15-27-21-13-11-20(12-14-21)23(26)29-19(3)10-9-18(2)17-24/h4,9-14,24H,1-3,5-8,15-17H2/b10-9-. The Morgan fingerprint density at radius 2 is 1.62 bits per heavy atom. The van der Waals surface area contributed by atoms with E-state index in [-0.39, 0.29) is 12.4 Å². The zero-order valence-corrected chi connectivity index (χ0v) is 16.6. The van der Waals surface area contributed by atoms with Gasteiger partial charge in [-0.15, -0.1) is 0 Å². The molecule has 0 unspecified atom stereocenters. The number of allylic oxidation sites excluding steroid dienone is 1. The van der Waals surface area contributed by atoms with Gasteiger partial charge in [0.2, 0.25) is 0 Å². The maximum absolute atomic E-state index is 12.1. The van der Waals surface area contributed by atoms with E-state index < -0.39 is 11.9 Å². The number of carbonyl (C=O) groups excluding carboxylic acids is 2. The van der Waals surface area contributed by atoms with Crippen molar-refractivity contribution in [3.63, 3.8) is 0 Å². The molecule has 1 aromatic carbocycles. The predicted octanol–water partition coefficient (Wildman–Crippen LogP) is 4.13. The summed E-state index contributed by atoms with van der Waals surface area (Å²) in [6.45, 7) is 11.4. The minimum absolute atomic E-state index is 0.157. The third-order valence-electron chi connectivity index (χ3n) is 3.74. The van der Waals surface area contributed by atoms with E-state index in [0.717, 1.165) is 31.8 Å². The molecule has 0 saturated heterocycles. The summed E-state index contributed by atoms with van der Waals surface area (Å²) in [6.07, 6.45) is 7.76. The van der Waals surface area contributed by atoms with Crippen molar-refractivity contribution in [1.29, 1.82) is 0 Å². The summed E-state index contributed by atoms with van der Waals surface area (Å²) in [6, 6.07) is 6.65. The fourth-order valence-electron chi connectivity index (χ4n) is 2.14. The number of aliphatic hydroxyl groups excluding tert-OH is 1. The molecule has 0 spiro atoms. The fraction of sp³-hybridized carbons (Fsp3) is 0.304. The molecule has 156 valence electrons. The highest BCUT2D eigenvalue weighted by atomic mass is 16.5. The Morgan fingerprint density at radius 1 is 0.966 bits per heavy atom. The first-order valence-electron chi connectivity index (χ1n) is 9.36. The van der Waals surface area contributed by atoms with Gasteiger partial charge in [-0.1, -0.05) is 25.8 Å². The van der Waals surface area contributed by atoms with Crippen molar-refractivity contribution in [2.24, 2.45) is 0 Å². The summed E-state index contributed by atoms with van der Waals surface area (Å²) in [7, 11) is 0. The average Bonchev–Trinajstić information content (AvgIpc) is 2.73. The number of benzene rings is 1. The fourth-order valence-corrected chi connectivity index (χ4v) is 2.14. The molecule has 1 rings (SSSR count). The first-order valence-corrected chi connectivity index (χ1v) is 9.36. The van der Waals surface area contributed by atoms with Crippen LogP contribution in [0.5, 0.6) is 5.75 Å². The van der Waals surface area contributed by atoms with E-state index in [1.807, 2.05) is 0 Å². The molecular formula is C23H28O6. The van der Waals surface area contributed by atoms with Crippen LogP contribution in [0.3, 0.4) is 0 Å². The molecule has 0 aliphatic carbocycles. The van der Waals surface area contributed by atoms with Crippen molar-refractivity contribution in [1.82, 2.24) is 0 Å². The molecule has 0 aliphatic heterocycles. The molecule has 0 radical (unpaired) electrons. The molecule has 0 aromatic heterocycles. The minimum Gasteiger partial charge on any atom is -0.494 e. The van der Waals surface area contributed by atoms with Gasteiger partial charge in [-0.25, -0.2) is 9.59 Å². The van der Waals surface area contributed by atoms with Crippen LogP contribution < -0.4 is 4.74 Å². The Balaban J connectivity index is 2.26. The summed E-state index contributed by atoms with van der Waals surface area (Å²) in [4.78, 5) is 22.9. The molecule has 0 heterocycles. The molecule has 0 aliphatic rings. The summed E-state index contributed by atoms with van der Waals surface area (Å²) in [5, 5.41) is 8.87. The predicted molar refractivity (Wildman–Crippen MR) is 111 cm³/mol. The Labute approximate surface area is 171 Å². The first-order chi connectivity index (χ1) is 14.0. The van der Waals surface area contributed by atoms with Crippen LogP contribution in [0.4, 0.5) is 0 Å². The lowest BCUT2D eigenvalue weighted by Gasteiger charge is -2.08. The van der Waals surface area contributed by atoms with E-state index in [4.69, 9.17) is 19.3 Å². The van der Waals surface area contributed by atoms with E-state index in [2.05, 4.69) is 19.7 Å². The quantitative estimate of drug-likeness (QED) is 0.166. The van der Waals surface area contributed by atoms with Gasteiger partial charge >= 0.3 is 11.9 Å². The molecule has 0 saturated carbocycles. The smallest absolute Gasteiger partial charge is 0.343 e. The molecular weight excluding hydrogens is 372 g/mol. The molecule has 0 fully saturated rings. The average molecular weight is 400 g/mol. The van der Waals surface area contributed by atoms with Crippen molar-refractivity contribution >= 4 is 11.9 Å². The molecule has 6 heteroatoms. The third kappa shape index (κ3) is 10.7. The van der Waals surface area contributed by atoms with Gasteiger partial charge in [-0.2, -0.15) is 0 Å². The van der Waals surface area contributed by atoms with Crippen molar-refractivity contribution in [2.75, 3.05) is 19.8 Å². The Bertz CT molecular complexity index is 730. The van der Waals surface area contributed by atoms with Crippen molar-refractivity contribution < 1.29 is 28.9 Å². The van der Waals surface area contributed by atoms with Crippen LogP contribution in [0.15, 0.2) is 73.6 Å². The first kappa shape index (κ1) is 23.9. The highest BCUT2D eigenvalue weighted by Gasteiger charge is 2.08. The molecule has 1 aromatic rings. The number of aliphatic hydroxyl groups is 1. The van der Waals surface area contributed by atoms with Crippen molar-refractivity contribution in [3.05, 3.63) is 79.1 Å². The van der Waals surface area contributed by atoms with Gasteiger partial charge in [0.25, 0.3) is 0 Å². The van der Waals surface area contributed by atoms with Gasteiger partial charge in [-0.05, 0) is 61.6 Å². The number of carbonyl (C=O) groups is 2. The number of unbranched alkanes of at least 4 members (excludes halogenated alkanes) is 3. The second kappa shape index (κ2) is 14.0. The van der Waals surface area contributed by atoms with E-state index in [9.17, 15) is 9.59 Å². The maximum Gasteiger partial charge on any atom is 0.343 e. The van der Waals surface area contributed by atoms with Crippen LogP contribution in [-0.2, 0) is 14.3 Å². The third-order valence-corrected chi connectivity index (χ3v) is 3.74. The minimum atomic E-state index is -0.530. The normalized spacial score (nSPS) is 10.4. The van der Waals surface area contributed by atoms with Crippen LogP contribution >= 0.6 is 0 Å². The lowest BCUT2D eigenvalue weighted by atomic mass is 10.2. The second-order valence-electron chi connectivity index (χ2n) is 6.16.